The minimum atomic E-state index is -3.59. The monoisotopic (exact) mass is 348 g/mol. The molecule has 0 bridgehead atoms. The third-order valence-corrected chi connectivity index (χ3v) is 5.53. The third-order valence-electron chi connectivity index (χ3n) is 4.05. The number of likely N-dealkylation sites (tertiary alicyclic amines) is 1. The van der Waals surface area contributed by atoms with Crippen molar-refractivity contribution in [1.29, 1.82) is 0 Å². The van der Waals surface area contributed by atoms with Crippen molar-refractivity contribution in [3.8, 4) is 0 Å². The fourth-order valence-corrected chi connectivity index (χ4v) is 3.76. The van der Waals surface area contributed by atoms with Gasteiger partial charge in [0.05, 0.1) is 11.2 Å². The van der Waals surface area contributed by atoms with E-state index in [0.717, 1.165) is 31.7 Å². The van der Waals surface area contributed by atoms with Crippen LogP contribution in [0.1, 0.15) is 29.0 Å². The summed E-state index contributed by atoms with van der Waals surface area (Å²) in [5, 5.41) is 0. The van der Waals surface area contributed by atoms with E-state index >= 15 is 0 Å². The van der Waals surface area contributed by atoms with Gasteiger partial charge >= 0.3 is 0 Å². The van der Waals surface area contributed by atoms with Crippen LogP contribution in [0.2, 0.25) is 0 Å². The van der Waals surface area contributed by atoms with Crippen molar-refractivity contribution in [2.24, 2.45) is 0 Å². The van der Waals surface area contributed by atoms with Crippen molar-refractivity contribution >= 4 is 15.9 Å². The molecule has 3 rings (SSSR count). The predicted molar refractivity (Wildman–Crippen MR) is 89.2 cm³/mol. The number of rotatable bonds is 6. The predicted octanol–water partition coefficient (Wildman–Crippen LogP) is 2.04. The largest absolute Gasteiger partial charge is 0.469 e. The van der Waals surface area contributed by atoms with Crippen molar-refractivity contribution in [2.45, 2.75) is 24.2 Å². The zero-order chi connectivity index (χ0) is 17.0. The van der Waals surface area contributed by atoms with Gasteiger partial charge in [0.2, 0.25) is 10.0 Å². The number of nitrogens with one attached hydrogen (secondary N) is 1. The molecule has 1 aromatic heterocycles. The first-order chi connectivity index (χ1) is 11.6. The molecule has 24 heavy (non-hydrogen) atoms. The summed E-state index contributed by atoms with van der Waals surface area (Å²) in [6.45, 7) is 1.80. The summed E-state index contributed by atoms with van der Waals surface area (Å²) < 4.78 is 32.2. The molecule has 0 radical (unpaired) electrons. The van der Waals surface area contributed by atoms with Crippen LogP contribution in [0.3, 0.4) is 0 Å². The summed E-state index contributed by atoms with van der Waals surface area (Å²) in [5.74, 6) is 0.687. The number of amides is 1. The van der Waals surface area contributed by atoms with Crippen LogP contribution in [0.4, 0.5) is 0 Å². The van der Waals surface area contributed by atoms with E-state index in [0.29, 0.717) is 12.0 Å². The number of hydrogen-bond donors (Lipinski definition) is 1. The number of hydrogen-bond acceptors (Lipinski definition) is 4. The summed E-state index contributed by atoms with van der Waals surface area (Å²) in [5.41, 5.74) is 0.520. The van der Waals surface area contributed by atoms with Crippen LogP contribution in [0, 0.1) is 0 Å². The molecule has 1 N–H and O–H groups in total. The van der Waals surface area contributed by atoms with Gasteiger partial charge in [-0.3, -0.25) is 4.79 Å². The molecule has 128 valence electrons. The van der Waals surface area contributed by atoms with Crippen molar-refractivity contribution in [3.63, 3.8) is 0 Å². The Hall–Kier alpha value is -2.12. The minimum absolute atomic E-state index is 0.0396. The lowest BCUT2D eigenvalue weighted by molar-refractivity contribution is 0.0792. The number of carbonyl (C=O) groups is 1. The molecule has 1 saturated heterocycles. The summed E-state index contributed by atoms with van der Waals surface area (Å²) in [7, 11) is -3.59. The van der Waals surface area contributed by atoms with Crippen molar-refractivity contribution in [1.82, 2.24) is 9.62 Å². The van der Waals surface area contributed by atoms with Crippen LogP contribution in [-0.4, -0.2) is 38.9 Å². The van der Waals surface area contributed by atoms with Gasteiger partial charge in [0, 0.05) is 31.6 Å². The van der Waals surface area contributed by atoms with Gasteiger partial charge in [-0.05, 0) is 49.2 Å². The summed E-state index contributed by atoms with van der Waals surface area (Å²) in [4.78, 5) is 14.2. The minimum Gasteiger partial charge on any atom is -0.469 e. The molecule has 0 saturated carbocycles. The molecule has 1 fully saturated rings. The highest BCUT2D eigenvalue weighted by atomic mass is 32.2. The molecule has 0 spiro atoms. The Balaban J connectivity index is 1.62. The van der Waals surface area contributed by atoms with Crippen LogP contribution in [0.15, 0.2) is 52.0 Å². The third kappa shape index (κ3) is 3.85. The lowest BCUT2D eigenvalue weighted by atomic mass is 10.2. The number of furan rings is 1. The molecular formula is C17H20N2O4S. The summed E-state index contributed by atoms with van der Waals surface area (Å²) >= 11 is 0. The van der Waals surface area contributed by atoms with Crippen LogP contribution in [0.5, 0.6) is 0 Å². The fourth-order valence-electron chi connectivity index (χ4n) is 2.73. The SMILES string of the molecule is O=C(c1ccc(S(=O)(=O)NCCc2ccco2)cc1)N1CCCC1. The van der Waals surface area contributed by atoms with E-state index in [2.05, 4.69) is 4.72 Å². The van der Waals surface area contributed by atoms with Gasteiger partial charge in [0.25, 0.3) is 5.91 Å². The van der Waals surface area contributed by atoms with E-state index in [1.54, 1.807) is 35.4 Å². The number of benzene rings is 1. The Morgan fingerprint density at radius 3 is 2.46 bits per heavy atom. The van der Waals surface area contributed by atoms with Gasteiger partial charge in [-0.25, -0.2) is 13.1 Å². The normalized spacial score (nSPS) is 14.9. The Kier molecular flexibility index (Phi) is 5.01. The van der Waals surface area contributed by atoms with Crippen molar-refractivity contribution < 1.29 is 17.6 Å². The Morgan fingerprint density at radius 2 is 1.83 bits per heavy atom. The second-order valence-electron chi connectivity index (χ2n) is 5.75. The topological polar surface area (TPSA) is 79.6 Å². The maximum atomic E-state index is 12.3. The molecule has 1 aromatic carbocycles. The first-order valence-electron chi connectivity index (χ1n) is 7.98. The standard InChI is InChI=1S/C17H20N2O4S/c20-17(19-11-1-2-12-19)14-5-7-16(8-6-14)24(21,22)18-10-9-15-4-3-13-23-15/h3-8,13,18H,1-2,9-12H2. The van der Waals surface area contributed by atoms with E-state index in [1.807, 2.05) is 0 Å². The quantitative estimate of drug-likeness (QED) is 0.866. The first-order valence-corrected chi connectivity index (χ1v) is 9.46. The van der Waals surface area contributed by atoms with E-state index in [1.165, 1.54) is 12.1 Å². The smallest absolute Gasteiger partial charge is 0.253 e. The van der Waals surface area contributed by atoms with Gasteiger partial charge in [-0.15, -0.1) is 0 Å². The zero-order valence-corrected chi connectivity index (χ0v) is 14.1. The van der Waals surface area contributed by atoms with Gasteiger partial charge in [-0.2, -0.15) is 0 Å². The first kappa shape index (κ1) is 16.7. The Morgan fingerprint density at radius 1 is 1.12 bits per heavy atom. The van der Waals surface area contributed by atoms with Gasteiger partial charge < -0.3 is 9.32 Å². The zero-order valence-electron chi connectivity index (χ0n) is 13.3. The van der Waals surface area contributed by atoms with Gasteiger partial charge in [0.1, 0.15) is 5.76 Å². The van der Waals surface area contributed by atoms with Crippen molar-refractivity contribution in [2.75, 3.05) is 19.6 Å². The molecule has 6 nitrogen and oxygen atoms in total. The second-order valence-corrected chi connectivity index (χ2v) is 7.52. The molecule has 7 heteroatoms. The van der Waals surface area contributed by atoms with E-state index in [9.17, 15) is 13.2 Å². The molecular weight excluding hydrogens is 328 g/mol. The van der Waals surface area contributed by atoms with Crippen LogP contribution in [0.25, 0.3) is 0 Å². The average Bonchev–Trinajstić information content (AvgIpc) is 3.28. The van der Waals surface area contributed by atoms with Crippen LogP contribution >= 0.6 is 0 Å². The molecule has 0 atom stereocenters. The highest BCUT2D eigenvalue weighted by Crippen LogP contribution is 2.15. The molecule has 0 aliphatic carbocycles. The number of sulfonamides is 1. The highest BCUT2D eigenvalue weighted by molar-refractivity contribution is 7.89. The Labute approximate surface area is 141 Å². The summed E-state index contributed by atoms with van der Waals surface area (Å²) in [6.07, 6.45) is 4.09. The molecule has 1 aliphatic rings. The van der Waals surface area contributed by atoms with Gasteiger partial charge in [0.15, 0.2) is 0 Å². The molecule has 2 heterocycles. The lowest BCUT2D eigenvalue weighted by Gasteiger charge is -2.15. The number of carbonyl (C=O) groups excluding carboxylic acids is 1. The van der Waals surface area contributed by atoms with E-state index < -0.39 is 10.0 Å². The van der Waals surface area contributed by atoms with E-state index in [4.69, 9.17) is 4.42 Å². The molecule has 2 aromatic rings. The maximum Gasteiger partial charge on any atom is 0.253 e. The lowest BCUT2D eigenvalue weighted by Crippen LogP contribution is -2.28. The van der Waals surface area contributed by atoms with E-state index in [-0.39, 0.29) is 17.3 Å². The molecule has 1 amide bonds. The summed E-state index contributed by atoms with van der Waals surface area (Å²) in [6, 6.07) is 9.65. The maximum absolute atomic E-state index is 12.3. The van der Waals surface area contributed by atoms with Crippen LogP contribution in [-0.2, 0) is 16.4 Å². The molecule has 1 aliphatic heterocycles. The van der Waals surface area contributed by atoms with Gasteiger partial charge in [-0.1, -0.05) is 0 Å². The average molecular weight is 348 g/mol. The highest BCUT2D eigenvalue weighted by Gasteiger charge is 2.20. The van der Waals surface area contributed by atoms with Crippen LogP contribution < -0.4 is 4.72 Å². The molecule has 0 unspecified atom stereocenters. The fraction of sp³-hybridized carbons (Fsp3) is 0.353. The van der Waals surface area contributed by atoms with Crippen molar-refractivity contribution in [3.05, 3.63) is 54.0 Å². The second kappa shape index (κ2) is 7.19. The number of nitrogens with zero attached hydrogens (tertiary/aromatic N) is 1. The Bertz CT molecular complexity index is 777.